The van der Waals surface area contributed by atoms with Gasteiger partial charge in [-0.1, -0.05) is 30.3 Å². The van der Waals surface area contributed by atoms with E-state index in [0.717, 1.165) is 5.56 Å². The molecule has 0 aliphatic heterocycles. The molecule has 1 amide bonds. The minimum atomic E-state index is -0.787. The van der Waals surface area contributed by atoms with Crippen molar-refractivity contribution in [3.05, 3.63) is 35.9 Å². The molecule has 5 nitrogen and oxygen atoms in total. The molecular formula is C15H20N2O3. The Balaban J connectivity index is 2.73. The molecule has 108 valence electrons. The third-order valence-electron chi connectivity index (χ3n) is 2.46. The van der Waals surface area contributed by atoms with E-state index in [1.54, 1.807) is 20.8 Å². The fourth-order valence-electron chi connectivity index (χ4n) is 1.62. The Bertz CT molecular complexity index is 478. The van der Waals surface area contributed by atoms with Crippen LogP contribution in [0.15, 0.2) is 30.3 Å². The lowest BCUT2D eigenvalue weighted by Gasteiger charge is -2.22. The first-order valence-corrected chi connectivity index (χ1v) is 6.39. The van der Waals surface area contributed by atoms with Gasteiger partial charge in [0.05, 0.1) is 6.21 Å². The zero-order valence-corrected chi connectivity index (χ0v) is 12.0. The molecule has 0 aliphatic carbocycles. The smallest absolute Gasteiger partial charge is 0.408 e. The van der Waals surface area contributed by atoms with Gasteiger partial charge < -0.3 is 15.5 Å². The molecule has 0 spiro atoms. The lowest BCUT2D eigenvalue weighted by atomic mass is 10.0. The average Bonchev–Trinajstić information content (AvgIpc) is 2.36. The summed E-state index contributed by atoms with van der Waals surface area (Å²) in [6.45, 7) is 5.24. The van der Waals surface area contributed by atoms with Crippen LogP contribution in [0, 0.1) is 5.41 Å². The van der Waals surface area contributed by atoms with Crippen LogP contribution in [0.2, 0.25) is 0 Å². The van der Waals surface area contributed by atoms with Crippen LogP contribution in [0.4, 0.5) is 4.79 Å². The van der Waals surface area contributed by atoms with Crippen LogP contribution in [0.1, 0.15) is 26.3 Å². The maximum Gasteiger partial charge on any atom is 0.408 e. The number of ether oxygens (including phenoxy) is 1. The van der Waals surface area contributed by atoms with Gasteiger partial charge in [0.1, 0.15) is 11.6 Å². The first-order chi connectivity index (χ1) is 9.31. The van der Waals surface area contributed by atoms with E-state index >= 15 is 0 Å². The van der Waals surface area contributed by atoms with E-state index in [4.69, 9.17) is 10.1 Å². The molecule has 0 bridgehead atoms. The summed E-state index contributed by atoms with van der Waals surface area (Å²) in [5.41, 5.74) is 0.276. The molecule has 1 rings (SSSR count). The number of hydrogen-bond donors (Lipinski definition) is 2. The summed E-state index contributed by atoms with van der Waals surface area (Å²) in [5.74, 6) is -0.459. The largest absolute Gasteiger partial charge is 0.444 e. The molecule has 0 aromatic heterocycles. The van der Waals surface area contributed by atoms with E-state index in [-0.39, 0.29) is 0 Å². The highest BCUT2D eigenvalue weighted by Crippen LogP contribution is 2.08. The average molecular weight is 276 g/mol. The quantitative estimate of drug-likeness (QED) is 0.810. The summed E-state index contributed by atoms with van der Waals surface area (Å²) in [7, 11) is 0. The highest BCUT2D eigenvalue weighted by atomic mass is 16.6. The van der Waals surface area contributed by atoms with Crippen molar-refractivity contribution in [1.29, 1.82) is 5.41 Å². The van der Waals surface area contributed by atoms with E-state index in [9.17, 15) is 9.59 Å². The van der Waals surface area contributed by atoms with Gasteiger partial charge in [-0.15, -0.1) is 0 Å². The molecule has 2 N–H and O–H groups in total. The van der Waals surface area contributed by atoms with Crippen LogP contribution >= 0.6 is 0 Å². The standard InChI is InChI=1S/C15H20N2O3/c1-15(2,3)20-14(19)17-12(13(18)10-16)9-11-7-5-4-6-8-11/h4-8,10,12,16H,9H2,1-3H3,(H,17,19)/t12-/m1/s1. The highest BCUT2D eigenvalue weighted by Gasteiger charge is 2.23. The topological polar surface area (TPSA) is 79.2 Å². The number of alkyl carbamates (subject to hydrolysis) is 1. The second-order valence-corrected chi connectivity index (χ2v) is 5.44. The third-order valence-corrected chi connectivity index (χ3v) is 2.46. The maximum atomic E-state index is 11.7. The summed E-state index contributed by atoms with van der Waals surface area (Å²) < 4.78 is 5.12. The monoisotopic (exact) mass is 276 g/mol. The Morgan fingerprint density at radius 1 is 1.30 bits per heavy atom. The van der Waals surface area contributed by atoms with Crippen molar-refractivity contribution in [1.82, 2.24) is 5.32 Å². The van der Waals surface area contributed by atoms with E-state index in [1.807, 2.05) is 30.3 Å². The molecule has 0 aliphatic rings. The zero-order valence-electron chi connectivity index (χ0n) is 12.0. The number of rotatable bonds is 5. The molecule has 1 aromatic rings. The number of ketones is 1. The molecule has 0 fully saturated rings. The van der Waals surface area contributed by atoms with Crippen LogP contribution in [0.25, 0.3) is 0 Å². The molecule has 20 heavy (non-hydrogen) atoms. The summed E-state index contributed by atoms with van der Waals surface area (Å²) in [6, 6.07) is 8.52. The van der Waals surface area contributed by atoms with Gasteiger partial charge >= 0.3 is 6.09 Å². The molecule has 1 aromatic carbocycles. The lowest BCUT2D eigenvalue weighted by molar-refractivity contribution is -0.114. The number of carbonyl (C=O) groups is 2. The Morgan fingerprint density at radius 3 is 2.40 bits per heavy atom. The first-order valence-electron chi connectivity index (χ1n) is 6.39. The highest BCUT2D eigenvalue weighted by molar-refractivity contribution is 6.29. The molecule has 1 atom stereocenters. The zero-order chi connectivity index (χ0) is 15.2. The predicted octanol–water partition coefficient (Wildman–Crippen LogP) is 2.34. The summed E-state index contributed by atoms with van der Waals surface area (Å²) >= 11 is 0. The van der Waals surface area contributed by atoms with Crippen molar-refractivity contribution < 1.29 is 14.3 Å². The van der Waals surface area contributed by atoms with Crippen molar-refractivity contribution in [2.24, 2.45) is 0 Å². The van der Waals surface area contributed by atoms with Gasteiger partial charge in [0.25, 0.3) is 0 Å². The van der Waals surface area contributed by atoms with Crippen LogP contribution in [-0.2, 0) is 16.0 Å². The van der Waals surface area contributed by atoms with Crippen LogP contribution < -0.4 is 5.32 Å². The fourth-order valence-corrected chi connectivity index (χ4v) is 1.62. The van der Waals surface area contributed by atoms with Gasteiger partial charge in [-0.05, 0) is 26.3 Å². The first kappa shape index (κ1) is 15.9. The van der Waals surface area contributed by atoms with Crippen LogP contribution in [0.3, 0.4) is 0 Å². The van der Waals surface area contributed by atoms with Gasteiger partial charge in [0, 0.05) is 6.42 Å². The number of benzene rings is 1. The number of nitrogens with one attached hydrogen (secondary N) is 2. The molecule has 0 heterocycles. The number of Topliss-reactive ketones (excluding diaryl/α,β-unsaturated/α-hetero) is 1. The van der Waals surface area contributed by atoms with Gasteiger partial charge in [0.2, 0.25) is 0 Å². The Hall–Kier alpha value is -2.17. The summed E-state index contributed by atoms with van der Waals surface area (Å²) in [5, 5.41) is 9.57. The Morgan fingerprint density at radius 2 is 1.90 bits per heavy atom. The normalized spacial score (nSPS) is 12.3. The Labute approximate surface area is 118 Å². The van der Waals surface area contributed by atoms with Crippen molar-refractivity contribution in [2.45, 2.75) is 38.8 Å². The van der Waals surface area contributed by atoms with E-state index in [0.29, 0.717) is 12.6 Å². The number of amides is 1. The van der Waals surface area contributed by atoms with Gasteiger partial charge in [-0.2, -0.15) is 0 Å². The SMILES string of the molecule is CC(C)(C)OC(=O)N[C@H](Cc1ccccc1)C(=O)C=N. The van der Waals surface area contributed by atoms with Crippen molar-refractivity contribution in [3.63, 3.8) is 0 Å². The maximum absolute atomic E-state index is 11.7. The molecule has 5 heteroatoms. The molecule has 0 saturated carbocycles. The summed E-state index contributed by atoms with van der Waals surface area (Å²) in [6.07, 6.45) is 0.382. The minimum Gasteiger partial charge on any atom is -0.444 e. The number of carbonyl (C=O) groups excluding carboxylic acids is 2. The lowest BCUT2D eigenvalue weighted by Crippen LogP contribution is -2.45. The Kier molecular flexibility index (Phi) is 5.43. The third kappa shape index (κ3) is 5.65. The minimum absolute atomic E-state index is 0.328. The molecular weight excluding hydrogens is 256 g/mol. The second kappa shape index (κ2) is 6.84. The molecule has 0 saturated heterocycles. The van der Waals surface area contributed by atoms with E-state index in [2.05, 4.69) is 5.32 Å². The summed E-state index contributed by atoms with van der Waals surface area (Å²) in [4.78, 5) is 23.4. The van der Waals surface area contributed by atoms with E-state index in [1.165, 1.54) is 0 Å². The molecule has 0 radical (unpaired) electrons. The van der Waals surface area contributed by atoms with Crippen molar-refractivity contribution >= 4 is 18.1 Å². The van der Waals surface area contributed by atoms with Gasteiger partial charge in [0.15, 0.2) is 5.78 Å². The molecule has 0 unspecified atom stereocenters. The van der Waals surface area contributed by atoms with E-state index < -0.39 is 23.5 Å². The number of hydrogen-bond acceptors (Lipinski definition) is 4. The fraction of sp³-hybridized carbons (Fsp3) is 0.400. The van der Waals surface area contributed by atoms with Crippen molar-refractivity contribution in [3.8, 4) is 0 Å². The second-order valence-electron chi connectivity index (χ2n) is 5.44. The van der Waals surface area contributed by atoms with Crippen LogP contribution in [-0.4, -0.2) is 29.7 Å². The van der Waals surface area contributed by atoms with Crippen molar-refractivity contribution in [2.75, 3.05) is 0 Å². The van der Waals surface area contributed by atoms with Gasteiger partial charge in [-0.3, -0.25) is 4.79 Å². The van der Waals surface area contributed by atoms with Gasteiger partial charge in [-0.25, -0.2) is 4.79 Å². The predicted molar refractivity (Wildman–Crippen MR) is 77.1 cm³/mol. The van der Waals surface area contributed by atoms with Crippen LogP contribution in [0.5, 0.6) is 0 Å².